The molecule has 0 bridgehead atoms. The maximum absolute atomic E-state index is 13.0. The molecular weight excluding hydrogens is 1030 g/mol. The summed E-state index contributed by atoms with van der Waals surface area (Å²) in [6.07, 6.45) is 85.8. The van der Waals surface area contributed by atoms with Gasteiger partial charge in [0.2, 0.25) is 5.91 Å². The molecule has 82 heavy (non-hydrogen) atoms. The monoisotopic (exact) mass is 1180 g/mol. The van der Waals surface area contributed by atoms with E-state index in [9.17, 15) is 19.4 Å². The molecule has 486 valence electrons. The maximum atomic E-state index is 13.0. The van der Waals surface area contributed by atoms with Gasteiger partial charge >= 0.3 is 0 Å². The van der Waals surface area contributed by atoms with Crippen molar-refractivity contribution >= 4 is 13.7 Å². The number of nitrogens with zero attached hydrogens (tertiary/aromatic N) is 1. The highest BCUT2D eigenvalue weighted by Crippen LogP contribution is 2.38. The molecule has 3 atom stereocenters. The van der Waals surface area contributed by atoms with Gasteiger partial charge in [-0.1, -0.05) is 359 Å². The van der Waals surface area contributed by atoms with Crippen molar-refractivity contribution in [3.63, 3.8) is 0 Å². The van der Waals surface area contributed by atoms with E-state index in [1.54, 1.807) is 6.08 Å². The molecule has 0 aromatic rings. The number of phosphoric acid groups is 1. The van der Waals surface area contributed by atoms with Crippen LogP contribution in [0, 0.1) is 0 Å². The van der Waals surface area contributed by atoms with Gasteiger partial charge in [0.1, 0.15) is 13.2 Å². The van der Waals surface area contributed by atoms with E-state index in [0.717, 1.165) is 44.9 Å². The van der Waals surface area contributed by atoms with Crippen LogP contribution in [0.3, 0.4) is 0 Å². The molecular formula is C73H143N2O6P. The molecule has 0 aromatic heterocycles. The number of nitrogens with one attached hydrogen (secondary N) is 1. The molecule has 0 rings (SSSR count). The van der Waals surface area contributed by atoms with Gasteiger partial charge in [0.25, 0.3) is 7.82 Å². The van der Waals surface area contributed by atoms with E-state index in [0.29, 0.717) is 17.4 Å². The van der Waals surface area contributed by atoms with Crippen LogP contribution in [0.2, 0.25) is 0 Å². The Morgan fingerprint density at radius 1 is 0.415 bits per heavy atom. The van der Waals surface area contributed by atoms with Gasteiger partial charge in [-0.3, -0.25) is 9.36 Å². The number of allylic oxidation sites excluding steroid dienone is 5. The third-order valence-electron chi connectivity index (χ3n) is 16.8. The first-order valence-corrected chi connectivity index (χ1v) is 37.8. The summed E-state index contributed by atoms with van der Waals surface area (Å²) < 4.78 is 23.4. The van der Waals surface area contributed by atoms with Gasteiger partial charge < -0.3 is 28.8 Å². The lowest BCUT2D eigenvalue weighted by molar-refractivity contribution is -0.870. The minimum atomic E-state index is -4.61. The molecule has 2 N–H and O–H groups in total. The first-order chi connectivity index (χ1) is 40.0. The zero-order chi connectivity index (χ0) is 59.8. The van der Waals surface area contributed by atoms with Crippen LogP contribution >= 0.6 is 7.82 Å². The summed E-state index contributed by atoms with van der Waals surface area (Å²) in [6.45, 7) is 4.68. The average molecular weight is 1180 g/mol. The molecule has 0 fully saturated rings. The standard InChI is InChI=1S/C73H143N2O6P/c1-6-8-10-12-14-16-18-20-22-24-26-28-30-32-33-34-35-36-37-38-39-40-41-42-43-45-47-49-51-53-55-57-59-61-63-65-67-73(77)74-71(70-81-82(78,79)80-69-68-75(3,4)5)72(76)66-64-62-60-58-56-54-52-50-48-46-44-31-29-27-25-23-21-19-17-15-13-11-9-7-2/h48,50,56,58,64,66,71-72,76H,6-47,49,51-55,57,59-63,65,67-70H2,1-5H3,(H-,74,77,78,79)/b50-48+,58-56+,66-64+. The third-order valence-corrected chi connectivity index (χ3v) is 17.8. The highest BCUT2D eigenvalue weighted by Gasteiger charge is 2.23. The number of unbranched alkanes of at least 4 members (excludes halogenated alkanes) is 51. The Balaban J connectivity index is 4.01. The number of carbonyl (C=O) groups is 1. The molecule has 9 heteroatoms. The van der Waals surface area contributed by atoms with Crippen LogP contribution in [0.25, 0.3) is 0 Å². The number of aliphatic hydroxyl groups is 1. The molecule has 0 saturated heterocycles. The molecule has 0 heterocycles. The zero-order valence-corrected chi connectivity index (χ0v) is 56.6. The van der Waals surface area contributed by atoms with Crippen molar-refractivity contribution in [3.8, 4) is 0 Å². The van der Waals surface area contributed by atoms with Crippen LogP contribution in [0.1, 0.15) is 373 Å². The van der Waals surface area contributed by atoms with Gasteiger partial charge in [0.15, 0.2) is 0 Å². The highest BCUT2D eigenvalue weighted by molar-refractivity contribution is 7.45. The second-order valence-electron chi connectivity index (χ2n) is 26.3. The van der Waals surface area contributed by atoms with Gasteiger partial charge in [-0.2, -0.15) is 0 Å². The van der Waals surface area contributed by atoms with E-state index in [1.807, 2.05) is 27.2 Å². The predicted octanol–water partition coefficient (Wildman–Crippen LogP) is 22.6. The van der Waals surface area contributed by atoms with E-state index in [4.69, 9.17) is 9.05 Å². The maximum Gasteiger partial charge on any atom is 0.268 e. The summed E-state index contributed by atoms with van der Waals surface area (Å²) >= 11 is 0. The molecule has 0 radical (unpaired) electrons. The van der Waals surface area contributed by atoms with Gasteiger partial charge in [-0.15, -0.1) is 0 Å². The molecule has 8 nitrogen and oxygen atoms in total. The summed E-state index contributed by atoms with van der Waals surface area (Å²) in [4.78, 5) is 25.6. The number of likely N-dealkylation sites (N-methyl/N-ethyl adjacent to an activating group) is 1. The minimum Gasteiger partial charge on any atom is -0.756 e. The van der Waals surface area contributed by atoms with Crippen LogP contribution in [0.5, 0.6) is 0 Å². The summed E-state index contributed by atoms with van der Waals surface area (Å²) in [5.74, 6) is -0.203. The summed E-state index contributed by atoms with van der Waals surface area (Å²) in [5, 5.41) is 13.9. The fourth-order valence-corrected chi connectivity index (χ4v) is 11.9. The number of hydrogen-bond donors (Lipinski definition) is 2. The molecule has 0 saturated carbocycles. The summed E-state index contributed by atoms with van der Waals surface area (Å²) in [5.41, 5.74) is 0. The number of rotatable bonds is 68. The third kappa shape index (κ3) is 66.2. The number of amides is 1. The second kappa shape index (κ2) is 64.2. The van der Waals surface area contributed by atoms with Gasteiger partial charge in [0, 0.05) is 6.42 Å². The van der Waals surface area contributed by atoms with Crippen molar-refractivity contribution < 1.29 is 32.9 Å². The summed E-state index contributed by atoms with van der Waals surface area (Å²) in [6, 6.07) is -0.909. The molecule has 0 aliphatic carbocycles. The Morgan fingerprint density at radius 2 is 0.683 bits per heavy atom. The van der Waals surface area contributed by atoms with Crippen molar-refractivity contribution in [2.45, 2.75) is 386 Å². The number of phosphoric ester groups is 1. The number of aliphatic hydroxyl groups excluding tert-OH is 1. The lowest BCUT2D eigenvalue weighted by Crippen LogP contribution is -2.45. The molecule has 0 spiro atoms. The van der Waals surface area contributed by atoms with Crippen molar-refractivity contribution in [1.29, 1.82) is 0 Å². The molecule has 0 aliphatic rings. The fraction of sp³-hybridized carbons (Fsp3) is 0.904. The molecule has 3 unspecified atom stereocenters. The number of quaternary nitrogens is 1. The number of carbonyl (C=O) groups excluding carboxylic acids is 1. The van der Waals surface area contributed by atoms with Crippen LogP contribution in [-0.4, -0.2) is 68.5 Å². The topological polar surface area (TPSA) is 108 Å². The van der Waals surface area contributed by atoms with Crippen molar-refractivity contribution in [2.75, 3.05) is 40.9 Å². The van der Waals surface area contributed by atoms with Gasteiger partial charge in [-0.25, -0.2) is 0 Å². The van der Waals surface area contributed by atoms with Crippen molar-refractivity contribution in [1.82, 2.24) is 5.32 Å². The quantitative estimate of drug-likeness (QED) is 0.0272. The first kappa shape index (κ1) is 80.7. The Labute approximate surface area is 512 Å². The Kier molecular flexibility index (Phi) is 63.2. The highest BCUT2D eigenvalue weighted by atomic mass is 31.2. The SMILES string of the molecule is CCCCCCCCCCCCCCCC/C=C/CC/C=C/CC/C=C/C(O)C(COP(=O)([O-])OCC[N+](C)(C)C)NC(=O)CCCCCCCCCCCCCCCCCCCCCCCCCCCCCCCCCCCCCC. The van der Waals surface area contributed by atoms with Crippen LogP contribution in [0.15, 0.2) is 36.5 Å². The molecule has 0 aromatic carbocycles. The minimum absolute atomic E-state index is 0.00708. The second-order valence-corrected chi connectivity index (χ2v) is 27.7. The molecule has 1 amide bonds. The number of hydrogen-bond acceptors (Lipinski definition) is 6. The van der Waals surface area contributed by atoms with Crippen LogP contribution < -0.4 is 10.2 Å². The smallest absolute Gasteiger partial charge is 0.268 e. The zero-order valence-electron chi connectivity index (χ0n) is 55.7. The molecule has 0 aliphatic heterocycles. The Bertz CT molecular complexity index is 1430. The van der Waals surface area contributed by atoms with E-state index in [2.05, 4.69) is 43.5 Å². The predicted molar refractivity (Wildman–Crippen MR) is 358 cm³/mol. The Hall–Kier alpha value is -1.28. The lowest BCUT2D eigenvalue weighted by Gasteiger charge is -2.29. The van der Waals surface area contributed by atoms with Crippen molar-refractivity contribution in [2.24, 2.45) is 0 Å². The van der Waals surface area contributed by atoms with Crippen LogP contribution in [0.4, 0.5) is 0 Å². The van der Waals surface area contributed by atoms with Crippen LogP contribution in [-0.2, 0) is 18.4 Å². The van der Waals surface area contributed by atoms with Gasteiger partial charge in [0.05, 0.1) is 39.9 Å². The summed E-state index contributed by atoms with van der Waals surface area (Å²) in [7, 11) is 1.25. The van der Waals surface area contributed by atoms with Gasteiger partial charge in [-0.05, 0) is 44.9 Å². The Morgan fingerprint density at radius 3 is 0.988 bits per heavy atom. The fourth-order valence-electron chi connectivity index (χ4n) is 11.2. The van der Waals surface area contributed by atoms with E-state index in [1.165, 1.54) is 308 Å². The van der Waals surface area contributed by atoms with Crippen molar-refractivity contribution in [3.05, 3.63) is 36.5 Å². The lowest BCUT2D eigenvalue weighted by atomic mass is 10.0. The largest absolute Gasteiger partial charge is 0.756 e. The van der Waals surface area contributed by atoms with E-state index < -0.39 is 26.6 Å². The normalized spacial score (nSPS) is 13.8. The van der Waals surface area contributed by atoms with E-state index in [-0.39, 0.29) is 12.5 Å². The van der Waals surface area contributed by atoms with E-state index >= 15 is 0 Å². The first-order valence-electron chi connectivity index (χ1n) is 36.4. The average Bonchev–Trinajstić information content (AvgIpc) is 3.47.